The number of nitrogens with one attached hydrogen (secondary N) is 1. The number of anilines is 1. The third-order valence-electron chi connectivity index (χ3n) is 3.16. The lowest BCUT2D eigenvalue weighted by molar-refractivity contribution is 0.0175. The summed E-state index contributed by atoms with van der Waals surface area (Å²) >= 11 is 6.21. The zero-order valence-corrected chi connectivity index (χ0v) is 14.0. The standard InChI is InChI=1S/C17H21ClF2N2/c1-5-11-21-16(18)15(12(3)6-2)22-14-9-7-13(8-10-14)17(4,19)20/h5,7-11,22H,6H2,1-4H3/b11-5-,15-12?,21-16?. The highest BCUT2D eigenvalue weighted by atomic mass is 35.5. The minimum absolute atomic E-state index is 0.0236. The average molecular weight is 327 g/mol. The van der Waals surface area contributed by atoms with Gasteiger partial charge in [-0.1, -0.05) is 36.7 Å². The lowest BCUT2D eigenvalue weighted by atomic mass is 10.1. The van der Waals surface area contributed by atoms with Crippen molar-refractivity contribution in [3.63, 3.8) is 0 Å². The fraction of sp³-hybridized carbons (Fsp3) is 0.353. The third-order valence-corrected chi connectivity index (χ3v) is 3.45. The average Bonchev–Trinajstić information content (AvgIpc) is 2.49. The van der Waals surface area contributed by atoms with E-state index in [0.717, 1.165) is 18.9 Å². The van der Waals surface area contributed by atoms with Crippen LogP contribution in [0.15, 0.2) is 52.8 Å². The van der Waals surface area contributed by atoms with Gasteiger partial charge in [0.25, 0.3) is 5.92 Å². The fourth-order valence-corrected chi connectivity index (χ4v) is 1.97. The first-order chi connectivity index (χ1) is 10.3. The van der Waals surface area contributed by atoms with Crippen molar-refractivity contribution < 1.29 is 8.78 Å². The number of halogens is 3. The van der Waals surface area contributed by atoms with E-state index in [4.69, 9.17) is 11.6 Å². The first kappa shape index (κ1) is 18.4. The molecule has 5 heteroatoms. The lowest BCUT2D eigenvalue weighted by Gasteiger charge is -2.15. The number of hydrogen-bond donors (Lipinski definition) is 1. The van der Waals surface area contributed by atoms with Gasteiger partial charge in [-0.2, -0.15) is 0 Å². The van der Waals surface area contributed by atoms with Crippen LogP contribution in [-0.2, 0) is 5.92 Å². The van der Waals surface area contributed by atoms with Crippen molar-refractivity contribution in [1.82, 2.24) is 0 Å². The van der Waals surface area contributed by atoms with Crippen molar-refractivity contribution in [3.05, 3.63) is 53.4 Å². The van der Waals surface area contributed by atoms with Crippen molar-refractivity contribution in [1.29, 1.82) is 0 Å². The fourth-order valence-electron chi connectivity index (χ4n) is 1.71. The van der Waals surface area contributed by atoms with E-state index >= 15 is 0 Å². The Morgan fingerprint density at radius 2 is 1.91 bits per heavy atom. The molecule has 0 aliphatic rings. The molecule has 0 atom stereocenters. The van der Waals surface area contributed by atoms with Crippen LogP contribution in [0.25, 0.3) is 0 Å². The van der Waals surface area contributed by atoms with E-state index in [1.807, 2.05) is 20.8 Å². The van der Waals surface area contributed by atoms with Crippen LogP contribution in [0.2, 0.25) is 0 Å². The van der Waals surface area contributed by atoms with Crippen LogP contribution in [0, 0.1) is 0 Å². The van der Waals surface area contributed by atoms with E-state index in [-0.39, 0.29) is 5.56 Å². The van der Waals surface area contributed by atoms with Gasteiger partial charge < -0.3 is 5.32 Å². The van der Waals surface area contributed by atoms with Crippen LogP contribution < -0.4 is 5.32 Å². The van der Waals surface area contributed by atoms with E-state index < -0.39 is 5.92 Å². The van der Waals surface area contributed by atoms with Gasteiger partial charge in [0.2, 0.25) is 0 Å². The van der Waals surface area contributed by atoms with Crippen LogP contribution in [0.3, 0.4) is 0 Å². The summed E-state index contributed by atoms with van der Waals surface area (Å²) in [4.78, 5) is 4.13. The Hall–Kier alpha value is -1.68. The first-order valence-corrected chi connectivity index (χ1v) is 7.47. The zero-order chi connectivity index (χ0) is 16.8. The highest BCUT2D eigenvalue weighted by Crippen LogP contribution is 2.28. The molecule has 0 spiro atoms. The van der Waals surface area contributed by atoms with Gasteiger partial charge >= 0.3 is 0 Å². The number of allylic oxidation sites excluding steroid dienone is 3. The summed E-state index contributed by atoms with van der Waals surface area (Å²) in [5.74, 6) is -2.85. The molecule has 0 saturated carbocycles. The van der Waals surface area contributed by atoms with E-state index in [9.17, 15) is 8.78 Å². The second kappa shape index (κ2) is 8.08. The van der Waals surface area contributed by atoms with Crippen LogP contribution in [0.5, 0.6) is 0 Å². The number of rotatable bonds is 6. The molecule has 0 radical (unpaired) electrons. The molecule has 0 aliphatic carbocycles. The predicted molar refractivity (Wildman–Crippen MR) is 90.7 cm³/mol. The van der Waals surface area contributed by atoms with Crippen molar-refractivity contribution in [2.75, 3.05) is 5.32 Å². The van der Waals surface area contributed by atoms with Crippen LogP contribution >= 0.6 is 11.6 Å². The molecule has 0 aromatic heterocycles. The molecule has 0 saturated heterocycles. The second-order valence-electron chi connectivity index (χ2n) is 5.00. The van der Waals surface area contributed by atoms with Crippen LogP contribution in [0.1, 0.15) is 39.7 Å². The number of aliphatic imine (C=N–C) groups is 1. The van der Waals surface area contributed by atoms with Crippen molar-refractivity contribution in [2.24, 2.45) is 4.99 Å². The van der Waals surface area contributed by atoms with Gasteiger partial charge in [0.1, 0.15) is 0 Å². The molecule has 1 N–H and O–H groups in total. The van der Waals surface area contributed by atoms with Gasteiger partial charge in [-0.05, 0) is 38.0 Å². The summed E-state index contributed by atoms with van der Waals surface area (Å²) in [6.07, 6.45) is 4.18. The number of alkyl halides is 2. The summed E-state index contributed by atoms with van der Waals surface area (Å²) in [6.45, 7) is 6.69. The second-order valence-corrected chi connectivity index (χ2v) is 5.36. The SMILES string of the molecule is C/C=C\N=C(Cl)C(Nc1ccc(C(C)(F)F)cc1)=C(C)CC. The molecule has 0 aliphatic heterocycles. The summed E-state index contributed by atoms with van der Waals surface area (Å²) < 4.78 is 26.4. The molecular formula is C17H21ClF2N2. The molecule has 1 aromatic carbocycles. The van der Waals surface area contributed by atoms with Gasteiger partial charge in [-0.15, -0.1) is 0 Å². The molecule has 2 nitrogen and oxygen atoms in total. The van der Waals surface area contributed by atoms with E-state index in [2.05, 4.69) is 10.3 Å². The highest BCUT2D eigenvalue weighted by Gasteiger charge is 2.23. The highest BCUT2D eigenvalue weighted by molar-refractivity contribution is 6.70. The maximum absolute atomic E-state index is 13.2. The van der Waals surface area contributed by atoms with Crippen LogP contribution in [-0.4, -0.2) is 5.17 Å². The molecule has 0 fully saturated rings. The number of benzene rings is 1. The van der Waals surface area contributed by atoms with E-state index in [0.29, 0.717) is 16.6 Å². The molecule has 120 valence electrons. The molecule has 1 aromatic rings. The minimum atomic E-state index is -2.85. The van der Waals surface area contributed by atoms with Crippen molar-refractivity contribution in [2.45, 2.75) is 40.0 Å². The van der Waals surface area contributed by atoms with Gasteiger partial charge in [0.15, 0.2) is 5.17 Å². The summed E-state index contributed by atoms with van der Waals surface area (Å²) in [7, 11) is 0. The number of nitrogens with zero attached hydrogens (tertiary/aromatic N) is 1. The Kier molecular flexibility index (Phi) is 6.75. The largest absolute Gasteiger partial charge is 0.353 e. The van der Waals surface area contributed by atoms with Crippen LogP contribution in [0.4, 0.5) is 14.5 Å². The molecule has 1 rings (SSSR count). The summed E-state index contributed by atoms with van der Waals surface area (Å²) in [5.41, 5.74) is 2.38. The summed E-state index contributed by atoms with van der Waals surface area (Å²) in [5, 5.41) is 3.49. The van der Waals surface area contributed by atoms with Gasteiger partial charge in [-0.3, -0.25) is 0 Å². The van der Waals surface area contributed by atoms with E-state index in [1.165, 1.54) is 12.1 Å². The van der Waals surface area contributed by atoms with Crippen molar-refractivity contribution >= 4 is 22.5 Å². The number of hydrogen-bond acceptors (Lipinski definition) is 2. The Morgan fingerprint density at radius 3 is 2.36 bits per heavy atom. The van der Waals surface area contributed by atoms with Crippen molar-refractivity contribution in [3.8, 4) is 0 Å². The molecular weight excluding hydrogens is 306 g/mol. The quantitative estimate of drug-likeness (QED) is 0.631. The molecule has 22 heavy (non-hydrogen) atoms. The van der Waals surface area contributed by atoms with E-state index in [1.54, 1.807) is 24.4 Å². The maximum atomic E-state index is 13.2. The Morgan fingerprint density at radius 1 is 1.32 bits per heavy atom. The zero-order valence-electron chi connectivity index (χ0n) is 13.3. The Balaban J connectivity index is 3.06. The molecule has 0 heterocycles. The normalized spacial score (nSPS) is 14.2. The molecule has 0 bridgehead atoms. The summed E-state index contributed by atoms with van der Waals surface area (Å²) in [6, 6.07) is 6.02. The smallest absolute Gasteiger partial charge is 0.270 e. The van der Waals surface area contributed by atoms with Gasteiger partial charge in [-0.25, -0.2) is 13.8 Å². The molecule has 0 unspecified atom stereocenters. The minimum Gasteiger partial charge on any atom is -0.353 e. The first-order valence-electron chi connectivity index (χ1n) is 7.09. The monoisotopic (exact) mass is 326 g/mol. The third kappa shape index (κ3) is 5.26. The predicted octanol–water partition coefficient (Wildman–Crippen LogP) is 6.07. The topological polar surface area (TPSA) is 24.4 Å². The molecule has 0 amide bonds. The Labute approximate surface area is 135 Å². The Bertz CT molecular complexity index is 582. The lowest BCUT2D eigenvalue weighted by Crippen LogP contribution is -2.10. The maximum Gasteiger partial charge on any atom is 0.270 e. The van der Waals surface area contributed by atoms with Gasteiger partial charge in [0, 0.05) is 24.4 Å². The van der Waals surface area contributed by atoms with Gasteiger partial charge in [0.05, 0.1) is 5.70 Å².